The average Bonchev–Trinajstić information content (AvgIpc) is 4.11. The SMILES string of the molecule is CC1(C)c2ccccc2-c2cccc(N(c3ccc(-c4cccc5oc6ccccc6c45)cc3)c3cc(-c4ccc(-n5c6ccccc6c6ccccc65)cc4)c4oc5ccccc5c4c3)c21. The van der Waals surface area contributed by atoms with E-state index in [0.717, 1.165) is 88.9 Å². The third kappa shape index (κ3) is 5.54. The molecule has 10 aromatic carbocycles. The lowest BCUT2D eigenvalue weighted by Gasteiger charge is -2.32. The average molecular weight is 859 g/mol. The molecule has 0 fully saturated rings. The molecule has 0 saturated heterocycles. The van der Waals surface area contributed by atoms with E-state index in [2.05, 4.69) is 230 Å². The molecular weight excluding hydrogens is 817 g/mol. The maximum Gasteiger partial charge on any atom is 0.143 e. The fraction of sp³-hybridized carbons (Fsp3) is 0.0476. The van der Waals surface area contributed by atoms with Crippen molar-refractivity contribution < 1.29 is 8.83 Å². The zero-order valence-electron chi connectivity index (χ0n) is 37.0. The van der Waals surface area contributed by atoms with Crippen molar-refractivity contribution in [1.29, 1.82) is 0 Å². The van der Waals surface area contributed by atoms with Crippen molar-refractivity contribution in [2.75, 3.05) is 4.90 Å². The van der Waals surface area contributed by atoms with Gasteiger partial charge in [-0.05, 0) is 112 Å². The summed E-state index contributed by atoms with van der Waals surface area (Å²) in [4.78, 5) is 2.47. The number of rotatable bonds is 6. The van der Waals surface area contributed by atoms with Crippen molar-refractivity contribution in [1.82, 2.24) is 4.57 Å². The first kappa shape index (κ1) is 37.7. The van der Waals surface area contributed by atoms with Crippen molar-refractivity contribution in [2.24, 2.45) is 0 Å². The lowest BCUT2D eigenvalue weighted by molar-refractivity contribution is 0.660. The van der Waals surface area contributed by atoms with Gasteiger partial charge in [0.25, 0.3) is 0 Å². The van der Waals surface area contributed by atoms with Gasteiger partial charge in [0.2, 0.25) is 0 Å². The molecule has 0 atom stereocenters. The number of hydrogen-bond donors (Lipinski definition) is 0. The van der Waals surface area contributed by atoms with Crippen molar-refractivity contribution in [3.63, 3.8) is 0 Å². The molecule has 0 aliphatic heterocycles. The van der Waals surface area contributed by atoms with Crippen LogP contribution in [0.3, 0.4) is 0 Å². The summed E-state index contributed by atoms with van der Waals surface area (Å²) >= 11 is 0. The number of hydrogen-bond acceptors (Lipinski definition) is 3. The quantitative estimate of drug-likeness (QED) is 0.167. The normalized spacial score (nSPS) is 13.0. The molecule has 14 rings (SSSR count). The summed E-state index contributed by atoms with van der Waals surface area (Å²) in [6.45, 7) is 4.74. The molecule has 0 saturated carbocycles. The molecule has 1 aliphatic carbocycles. The summed E-state index contributed by atoms with van der Waals surface area (Å²) in [5.41, 5.74) is 19.6. The second kappa shape index (κ2) is 14.2. The summed E-state index contributed by atoms with van der Waals surface area (Å²) in [7, 11) is 0. The standard InChI is InChI=1S/C63H42N2O2/c1-63(2)53-22-8-3-15-45(53)49-21-13-25-56(61(49)63)64(41-33-29-39(30-34-41)44-20-14-28-59-60(44)50-19-7-12-27-58(50)66-59)43-37-51(62-52(38-43)48-18-6-11-26-57(48)67-62)40-31-35-42(36-32-40)65-54-23-9-4-16-46(54)47-17-5-10-24-55(47)65/h3-38H,1-2H3. The topological polar surface area (TPSA) is 34.5 Å². The number of fused-ring (bicyclic) bond motifs is 12. The van der Waals surface area contributed by atoms with Crippen LogP contribution in [-0.4, -0.2) is 4.57 Å². The van der Waals surface area contributed by atoms with Crippen molar-refractivity contribution in [2.45, 2.75) is 19.3 Å². The predicted molar refractivity (Wildman–Crippen MR) is 278 cm³/mol. The van der Waals surface area contributed by atoms with Crippen molar-refractivity contribution in [3.05, 3.63) is 230 Å². The smallest absolute Gasteiger partial charge is 0.143 e. The molecule has 3 aromatic heterocycles. The zero-order chi connectivity index (χ0) is 44.4. The van der Waals surface area contributed by atoms with E-state index in [1.807, 2.05) is 12.1 Å². The third-order valence-corrected chi connectivity index (χ3v) is 14.4. The number of para-hydroxylation sites is 4. The van der Waals surface area contributed by atoms with Crippen LogP contribution in [0, 0.1) is 0 Å². The minimum Gasteiger partial charge on any atom is -0.456 e. The van der Waals surface area contributed by atoms with E-state index < -0.39 is 0 Å². The van der Waals surface area contributed by atoms with E-state index in [4.69, 9.17) is 8.83 Å². The monoisotopic (exact) mass is 858 g/mol. The maximum absolute atomic E-state index is 6.84. The second-order valence-corrected chi connectivity index (χ2v) is 18.4. The van der Waals surface area contributed by atoms with Gasteiger partial charge >= 0.3 is 0 Å². The first-order valence-corrected chi connectivity index (χ1v) is 23.1. The molecule has 316 valence electrons. The molecule has 4 nitrogen and oxygen atoms in total. The van der Waals surface area contributed by atoms with E-state index >= 15 is 0 Å². The van der Waals surface area contributed by atoms with Gasteiger partial charge in [-0.2, -0.15) is 0 Å². The lowest BCUT2D eigenvalue weighted by atomic mass is 9.81. The summed E-state index contributed by atoms with van der Waals surface area (Å²) in [6.07, 6.45) is 0. The largest absolute Gasteiger partial charge is 0.456 e. The Morgan fingerprint density at radius 2 is 0.970 bits per heavy atom. The van der Waals surface area contributed by atoms with Gasteiger partial charge in [0.05, 0.1) is 16.7 Å². The van der Waals surface area contributed by atoms with Crippen LogP contribution in [0.5, 0.6) is 0 Å². The van der Waals surface area contributed by atoms with Gasteiger partial charge < -0.3 is 18.3 Å². The predicted octanol–water partition coefficient (Wildman–Crippen LogP) is 17.7. The van der Waals surface area contributed by atoms with Gasteiger partial charge in [0.15, 0.2) is 0 Å². The first-order chi connectivity index (χ1) is 33.0. The molecule has 0 N–H and O–H groups in total. The van der Waals surface area contributed by atoms with Crippen LogP contribution < -0.4 is 4.90 Å². The van der Waals surface area contributed by atoms with Gasteiger partial charge in [0.1, 0.15) is 22.3 Å². The Morgan fingerprint density at radius 3 is 1.73 bits per heavy atom. The minimum atomic E-state index is -0.253. The van der Waals surface area contributed by atoms with Gasteiger partial charge in [-0.1, -0.05) is 159 Å². The number of furan rings is 2. The molecule has 0 radical (unpaired) electrons. The van der Waals surface area contributed by atoms with Gasteiger partial charge in [-0.15, -0.1) is 0 Å². The molecule has 13 aromatic rings. The van der Waals surface area contributed by atoms with Crippen molar-refractivity contribution in [3.8, 4) is 39.1 Å². The summed E-state index contributed by atoms with van der Waals surface area (Å²) in [5.74, 6) is 0. The van der Waals surface area contributed by atoms with Gasteiger partial charge in [-0.3, -0.25) is 0 Å². The van der Waals surface area contributed by atoms with E-state index in [1.54, 1.807) is 0 Å². The van der Waals surface area contributed by atoms with E-state index in [9.17, 15) is 0 Å². The van der Waals surface area contributed by atoms with Crippen LogP contribution >= 0.6 is 0 Å². The highest BCUT2D eigenvalue weighted by molar-refractivity contribution is 6.14. The van der Waals surface area contributed by atoms with Gasteiger partial charge in [0, 0.05) is 60.4 Å². The maximum atomic E-state index is 6.84. The van der Waals surface area contributed by atoms with E-state index in [-0.39, 0.29) is 5.41 Å². The Balaban J connectivity index is 0.987. The molecule has 0 spiro atoms. The third-order valence-electron chi connectivity index (χ3n) is 14.4. The number of anilines is 3. The van der Waals surface area contributed by atoms with Crippen LogP contribution in [0.4, 0.5) is 17.1 Å². The molecule has 0 unspecified atom stereocenters. The Morgan fingerprint density at radius 1 is 0.403 bits per heavy atom. The zero-order valence-corrected chi connectivity index (χ0v) is 37.0. The molecular formula is C63H42N2O2. The highest BCUT2D eigenvalue weighted by Crippen LogP contribution is 2.55. The van der Waals surface area contributed by atoms with Crippen LogP contribution in [-0.2, 0) is 5.41 Å². The second-order valence-electron chi connectivity index (χ2n) is 18.4. The first-order valence-electron chi connectivity index (χ1n) is 23.1. The summed E-state index contributed by atoms with van der Waals surface area (Å²) in [5, 5.41) is 6.91. The molecule has 67 heavy (non-hydrogen) atoms. The molecule has 4 heteroatoms. The molecule has 0 bridgehead atoms. The minimum absolute atomic E-state index is 0.253. The summed E-state index contributed by atoms with van der Waals surface area (Å²) < 4.78 is 15.5. The van der Waals surface area contributed by atoms with E-state index in [1.165, 1.54) is 44.1 Å². The van der Waals surface area contributed by atoms with Gasteiger partial charge in [-0.25, -0.2) is 0 Å². The Labute approximate surface area is 387 Å². The summed E-state index contributed by atoms with van der Waals surface area (Å²) in [6, 6.07) is 78.9. The van der Waals surface area contributed by atoms with Crippen LogP contribution in [0.1, 0.15) is 25.0 Å². The highest BCUT2D eigenvalue weighted by atomic mass is 16.3. The Kier molecular flexibility index (Phi) is 8.00. The Bertz CT molecular complexity index is 4070. The Hall–Kier alpha value is -8.60. The van der Waals surface area contributed by atoms with Crippen LogP contribution in [0.2, 0.25) is 0 Å². The fourth-order valence-corrected chi connectivity index (χ4v) is 11.4. The number of nitrogens with zero attached hydrogens (tertiary/aromatic N) is 2. The highest BCUT2D eigenvalue weighted by Gasteiger charge is 2.39. The molecule has 1 aliphatic rings. The van der Waals surface area contributed by atoms with Crippen LogP contribution in [0.15, 0.2) is 227 Å². The molecule has 3 heterocycles. The fourth-order valence-electron chi connectivity index (χ4n) is 11.4. The number of aromatic nitrogens is 1. The van der Waals surface area contributed by atoms with Crippen molar-refractivity contribution >= 4 is 82.7 Å². The number of benzene rings is 10. The molecule has 0 amide bonds. The van der Waals surface area contributed by atoms with Crippen LogP contribution in [0.25, 0.3) is 105 Å². The van der Waals surface area contributed by atoms with E-state index in [0.29, 0.717) is 0 Å². The lowest BCUT2D eigenvalue weighted by Crippen LogP contribution is -2.20.